The maximum atomic E-state index is 7.72. The summed E-state index contributed by atoms with van der Waals surface area (Å²) in [6.07, 6.45) is 1.03. The number of hydrogen-bond donors (Lipinski definition) is 1. The van der Waals surface area contributed by atoms with Gasteiger partial charge in [-0.3, -0.25) is 0 Å². The van der Waals surface area contributed by atoms with Gasteiger partial charge in [0.25, 0.3) is 0 Å². The molecule has 0 saturated carbocycles. The Morgan fingerprint density at radius 3 is 3.23 bits per heavy atom. The van der Waals surface area contributed by atoms with Crippen molar-refractivity contribution >= 4 is 22.9 Å². The molecule has 1 aliphatic rings. The SMILES string of the molecule is [2H]N1CCC(C)(C)c2sc(Cl)cc2C1. The first kappa shape index (κ1) is 8.27. The van der Waals surface area contributed by atoms with E-state index in [0.717, 1.165) is 17.3 Å². The summed E-state index contributed by atoms with van der Waals surface area (Å²) in [4.78, 5) is 1.36. The molecule has 1 nitrogen and oxygen atoms in total. The predicted octanol–water partition coefficient (Wildman–Crippen LogP) is 3.17. The fourth-order valence-corrected chi connectivity index (χ4v) is 3.15. The van der Waals surface area contributed by atoms with Gasteiger partial charge in [0, 0.05) is 16.8 Å². The van der Waals surface area contributed by atoms with E-state index in [1.807, 2.05) is 6.07 Å². The van der Waals surface area contributed by atoms with Gasteiger partial charge in [-0.1, -0.05) is 25.4 Å². The zero-order chi connectivity index (χ0) is 10.3. The van der Waals surface area contributed by atoms with Gasteiger partial charge in [-0.05, 0) is 24.6 Å². The van der Waals surface area contributed by atoms with Crippen molar-refractivity contribution in [1.82, 2.24) is 5.31 Å². The minimum absolute atomic E-state index is 0.170. The monoisotopic (exact) mass is 216 g/mol. The molecular weight excluding hydrogens is 202 g/mol. The molecule has 0 spiro atoms. The summed E-state index contributed by atoms with van der Waals surface area (Å²) >= 11 is 7.69. The number of fused-ring (bicyclic) bond motifs is 1. The molecule has 0 fully saturated rings. The highest BCUT2D eigenvalue weighted by Gasteiger charge is 2.27. The highest BCUT2D eigenvalue weighted by molar-refractivity contribution is 7.16. The molecule has 1 aromatic rings. The summed E-state index contributed by atoms with van der Waals surface area (Å²) in [5.74, 6) is 0. The number of nitrogens with one attached hydrogen (secondary N) is 1. The quantitative estimate of drug-likeness (QED) is 0.703. The molecule has 0 bridgehead atoms. The number of halogens is 1. The molecule has 0 unspecified atom stereocenters. The minimum Gasteiger partial charge on any atom is -0.313 e. The van der Waals surface area contributed by atoms with Gasteiger partial charge in [-0.25, -0.2) is 0 Å². The van der Waals surface area contributed by atoms with Crippen LogP contribution < -0.4 is 5.31 Å². The maximum absolute atomic E-state index is 7.72. The second kappa shape index (κ2) is 3.26. The summed E-state index contributed by atoms with van der Waals surface area (Å²) in [5.41, 5.74) is 1.40. The molecule has 1 aliphatic heterocycles. The van der Waals surface area contributed by atoms with E-state index in [0.29, 0.717) is 6.54 Å². The van der Waals surface area contributed by atoms with Crippen LogP contribution in [0.25, 0.3) is 0 Å². The van der Waals surface area contributed by atoms with Crippen LogP contribution in [0.3, 0.4) is 0 Å². The van der Waals surface area contributed by atoms with Crippen molar-refractivity contribution in [1.29, 1.82) is 0 Å². The van der Waals surface area contributed by atoms with Crippen LogP contribution in [-0.2, 0) is 12.0 Å². The van der Waals surface area contributed by atoms with Crippen molar-refractivity contribution in [2.45, 2.75) is 32.2 Å². The maximum Gasteiger partial charge on any atom is 0.123 e. The first-order valence-corrected chi connectivity index (χ1v) is 5.71. The molecule has 3 heteroatoms. The van der Waals surface area contributed by atoms with Gasteiger partial charge in [0.05, 0.1) is 4.34 Å². The number of rotatable bonds is 0. The van der Waals surface area contributed by atoms with Crippen LogP contribution in [0.15, 0.2) is 6.07 Å². The van der Waals surface area contributed by atoms with Crippen molar-refractivity contribution in [3.63, 3.8) is 0 Å². The third-order valence-corrected chi connectivity index (χ3v) is 4.24. The molecule has 0 saturated heterocycles. The summed E-state index contributed by atoms with van der Waals surface area (Å²) in [5, 5.41) is 1.62. The summed E-state index contributed by atoms with van der Waals surface area (Å²) in [6.45, 7) is 6.02. The van der Waals surface area contributed by atoms with Gasteiger partial charge in [0.15, 0.2) is 0 Å². The van der Waals surface area contributed by atoms with Crippen molar-refractivity contribution in [3.05, 3.63) is 20.8 Å². The van der Waals surface area contributed by atoms with Gasteiger partial charge >= 0.3 is 0 Å². The fourth-order valence-electron chi connectivity index (χ4n) is 1.76. The van der Waals surface area contributed by atoms with E-state index in [1.54, 1.807) is 16.6 Å². The van der Waals surface area contributed by atoms with E-state index < -0.39 is 0 Å². The Kier molecular flexibility index (Phi) is 2.08. The summed E-state index contributed by atoms with van der Waals surface area (Å²) < 4.78 is 8.57. The van der Waals surface area contributed by atoms with E-state index >= 15 is 0 Å². The van der Waals surface area contributed by atoms with Crippen LogP contribution in [0, 0.1) is 0 Å². The van der Waals surface area contributed by atoms with Crippen molar-refractivity contribution in [2.75, 3.05) is 6.54 Å². The standard InChI is InChI=1S/C10H14ClNS/c1-10(2)3-4-12-6-7-5-8(11)13-9(7)10/h5,12H,3-4,6H2,1-2H3/i/hD. The van der Waals surface area contributed by atoms with Crippen molar-refractivity contribution < 1.29 is 1.41 Å². The molecule has 0 aliphatic carbocycles. The lowest BCUT2D eigenvalue weighted by Crippen LogP contribution is -2.19. The normalized spacial score (nSPS) is 23.5. The predicted molar refractivity (Wildman–Crippen MR) is 58.7 cm³/mol. The second-order valence-electron chi connectivity index (χ2n) is 4.14. The average Bonchev–Trinajstić information content (AvgIpc) is 2.40. The van der Waals surface area contributed by atoms with E-state index in [2.05, 4.69) is 13.8 Å². The van der Waals surface area contributed by atoms with Crippen LogP contribution in [0.5, 0.6) is 0 Å². The molecule has 2 rings (SSSR count). The topological polar surface area (TPSA) is 12.0 Å². The molecule has 0 atom stereocenters. The number of thiophene rings is 1. The molecule has 0 amide bonds. The Morgan fingerprint density at radius 2 is 2.46 bits per heavy atom. The van der Waals surface area contributed by atoms with Crippen LogP contribution in [0.2, 0.25) is 5.75 Å². The smallest absolute Gasteiger partial charge is 0.123 e. The second-order valence-corrected chi connectivity index (χ2v) is 5.83. The van der Waals surface area contributed by atoms with Gasteiger partial charge in [0.1, 0.15) is 1.41 Å². The van der Waals surface area contributed by atoms with Crippen LogP contribution in [0.1, 0.15) is 30.7 Å². The molecule has 0 radical (unpaired) electrons. The molecule has 1 N–H and O–H groups in total. The lowest BCUT2D eigenvalue weighted by atomic mass is 9.86. The Balaban J connectivity index is 2.46. The summed E-state index contributed by atoms with van der Waals surface area (Å²) in [7, 11) is 0. The van der Waals surface area contributed by atoms with Crippen LogP contribution >= 0.6 is 22.9 Å². The summed E-state index contributed by atoms with van der Waals surface area (Å²) in [6, 6.07) is 2.01. The first-order valence-electron chi connectivity index (χ1n) is 4.96. The van der Waals surface area contributed by atoms with Gasteiger partial charge in [-0.15, -0.1) is 11.3 Å². The van der Waals surface area contributed by atoms with Gasteiger partial charge in [0.2, 0.25) is 0 Å². The first-order chi connectivity index (χ1) is 6.49. The third kappa shape index (κ3) is 1.76. The Morgan fingerprint density at radius 1 is 1.69 bits per heavy atom. The zero-order valence-corrected chi connectivity index (χ0v) is 9.50. The molecule has 0 aromatic carbocycles. The lowest BCUT2D eigenvalue weighted by molar-refractivity contribution is 0.485. The van der Waals surface area contributed by atoms with Crippen molar-refractivity contribution in [3.8, 4) is 0 Å². The van der Waals surface area contributed by atoms with E-state index in [4.69, 9.17) is 13.0 Å². The van der Waals surface area contributed by atoms with Crippen molar-refractivity contribution in [2.24, 2.45) is 0 Å². The van der Waals surface area contributed by atoms with Crippen LogP contribution in [-0.4, -0.2) is 6.54 Å². The van der Waals surface area contributed by atoms with E-state index in [-0.39, 0.29) is 5.41 Å². The Labute approximate surface area is 89.6 Å². The highest BCUT2D eigenvalue weighted by atomic mass is 35.5. The van der Waals surface area contributed by atoms with Gasteiger partial charge in [-0.2, -0.15) is 0 Å². The Bertz CT molecular complexity index is 348. The molecular formula is C10H14ClNS. The van der Waals surface area contributed by atoms with Gasteiger partial charge < -0.3 is 5.31 Å². The fraction of sp³-hybridized carbons (Fsp3) is 0.600. The van der Waals surface area contributed by atoms with Crippen LogP contribution in [0.4, 0.5) is 0 Å². The van der Waals surface area contributed by atoms with E-state index in [1.165, 1.54) is 10.4 Å². The minimum atomic E-state index is 0.170. The largest absolute Gasteiger partial charge is 0.313 e. The highest BCUT2D eigenvalue weighted by Crippen LogP contribution is 2.39. The molecule has 2 heterocycles. The van der Waals surface area contributed by atoms with E-state index in [9.17, 15) is 0 Å². The Hall–Kier alpha value is -0.0500. The third-order valence-electron chi connectivity index (χ3n) is 2.57. The molecule has 13 heavy (non-hydrogen) atoms. The number of hydrogen-bond acceptors (Lipinski definition) is 2. The average molecular weight is 217 g/mol. The zero-order valence-electron chi connectivity index (χ0n) is 8.93. The molecule has 1 aromatic heterocycles. The lowest BCUT2D eigenvalue weighted by Gasteiger charge is -2.21. The molecule has 72 valence electrons.